The van der Waals surface area contributed by atoms with E-state index in [9.17, 15) is 31.1 Å². The summed E-state index contributed by atoms with van der Waals surface area (Å²) in [4.78, 5) is 22.6. The van der Waals surface area contributed by atoms with E-state index in [0.29, 0.717) is 49.0 Å². The quantitative estimate of drug-likeness (QED) is 0.137. The first-order chi connectivity index (χ1) is 23.6. The molecule has 0 radical (unpaired) electrons. The summed E-state index contributed by atoms with van der Waals surface area (Å²) in [7, 11) is 0. The van der Waals surface area contributed by atoms with E-state index in [1.54, 1.807) is 18.2 Å². The number of oxazole rings is 2. The van der Waals surface area contributed by atoms with Gasteiger partial charge < -0.3 is 34.4 Å². The number of nitrogens with zero attached hydrogens (tertiary/aromatic N) is 3. The highest BCUT2D eigenvalue weighted by atomic mass is 19.3. The maximum Gasteiger partial charge on any atom is 0.461 e. The summed E-state index contributed by atoms with van der Waals surface area (Å²) in [6.45, 7) is 3.89. The molecule has 2 aliphatic heterocycles. The average Bonchev–Trinajstić information content (AvgIpc) is 3.90. The van der Waals surface area contributed by atoms with Gasteiger partial charge in [0.2, 0.25) is 0 Å². The lowest BCUT2D eigenvalue weighted by molar-refractivity contribution is -0.253. The first-order valence-electron chi connectivity index (χ1n) is 15.6. The Bertz CT molecular complexity index is 1900. The molecule has 7 rings (SSSR count). The standard InChI is InChI=1S/C21H18F5N3O3.C12H14FN3O/c22-14-5-3-6-15-17(14)31-20(28-15)27-10-12-8-9-29(11-12)18(30)13-4-1-2-7-16(13)32-21(25,26)19(23)24;13-9-2-1-3-10-11(9)17-12(16-10)15-7-8-4-5-14-6-8/h1-7,12,19H,8-11H2,(H,27,28);1-3,8,14H,4-7H2,(H,15,16)/t12-;8-/m01/s1. The predicted molar refractivity (Wildman–Crippen MR) is 168 cm³/mol. The lowest BCUT2D eigenvalue weighted by Gasteiger charge is -2.21. The van der Waals surface area contributed by atoms with Gasteiger partial charge in [0.05, 0.1) is 5.56 Å². The van der Waals surface area contributed by atoms with Crippen molar-refractivity contribution in [3.63, 3.8) is 0 Å². The number of hydrogen-bond donors (Lipinski definition) is 3. The number of anilines is 2. The number of amides is 1. The second-order valence-electron chi connectivity index (χ2n) is 11.7. The second kappa shape index (κ2) is 14.6. The second-order valence-corrected chi connectivity index (χ2v) is 11.7. The zero-order valence-corrected chi connectivity index (χ0v) is 25.9. The highest BCUT2D eigenvalue weighted by molar-refractivity contribution is 5.97. The van der Waals surface area contributed by atoms with Crippen molar-refractivity contribution in [1.29, 1.82) is 0 Å². The number of para-hydroxylation sites is 3. The molecule has 2 saturated heterocycles. The van der Waals surface area contributed by atoms with Crippen LogP contribution in [0.5, 0.6) is 5.75 Å². The zero-order valence-electron chi connectivity index (χ0n) is 25.9. The summed E-state index contributed by atoms with van der Waals surface area (Å²) in [5.41, 5.74) is 0.954. The van der Waals surface area contributed by atoms with Crippen LogP contribution in [-0.2, 0) is 0 Å². The Labute approximate surface area is 275 Å². The van der Waals surface area contributed by atoms with Crippen LogP contribution in [0, 0.1) is 23.5 Å². The molecule has 0 bridgehead atoms. The molecular weight excluding hydrogens is 658 g/mol. The molecule has 2 atom stereocenters. The third-order valence-electron chi connectivity index (χ3n) is 8.17. The van der Waals surface area contributed by atoms with Gasteiger partial charge in [0, 0.05) is 26.2 Å². The number of rotatable bonds is 10. The van der Waals surface area contributed by atoms with Gasteiger partial charge >= 0.3 is 12.5 Å². The van der Waals surface area contributed by atoms with Crippen LogP contribution in [-0.4, -0.2) is 72.6 Å². The van der Waals surface area contributed by atoms with Crippen molar-refractivity contribution in [2.24, 2.45) is 11.8 Å². The smallest absolute Gasteiger partial charge is 0.427 e. The van der Waals surface area contributed by atoms with E-state index in [4.69, 9.17) is 8.83 Å². The van der Waals surface area contributed by atoms with Crippen LogP contribution in [0.2, 0.25) is 0 Å². The monoisotopic (exact) mass is 690 g/mol. The summed E-state index contributed by atoms with van der Waals surface area (Å²) in [5.74, 6) is -1.54. The van der Waals surface area contributed by atoms with Crippen molar-refractivity contribution in [1.82, 2.24) is 20.2 Å². The van der Waals surface area contributed by atoms with Crippen molar-refractivity contribution in [2.45, 2.75) is 25.4 Å². The molecule has 260 valence electrons. The lowest BCUT2D eigenvalue weighted by atomic mass is 10.1. The third-order valence-corrected chi connectivity index (χ3v) is 8.17. The van der Waals surface area contributed by atoms with E-state index in [-0.39, 0.29) is 34.5 Å². The molecule has 2 fully saturated rings. The minimum Gasteiger partial charge on any atom is -0.427 e. The molecule has 5 aromatic rings. The van der Waals surface area contributed by atoms with Gasteiger partial charge in [0.25, 0.3) is 17.9 Å². The molecule has 16 heteroatoms. The van der Waals surface area contributed by atoms with Gasteiger partial charge in [-0.1, -0.05) is 24.3 Å². The van der Waals surface area contributed by atoms with Gasteiger partial charge in [-0.2, -0.15) is 27.5 Å². The zero-order chi connectivity index (χ0) is 34.5. The van der Waals surface area contributed by atoms with Gasteiger partial charge in [-0.3, -0.25) is 4.79 Å². The van der Waals surface area contributed by atoms with Gasteiger partial charge in [0.1, 0.15) is 16.8 Å². The fraction of sp³-hybridized carbons (Fsp3) is 0.364. The van der Waals surface area contributed by atoms with Crippen LogP contribution < -0.4 is 20.7 Å². The first kappa shape index (κ1) is 33.9. The Morgan fingerprint density at radius 1 is 0.898 bits per heavy atom. The summed E-state index contributed by atoms with van der Waals surface area (Å²) in [5, 5.41) is 9.38. The Morgan fingerprint density at radius 3 is 2.08 bits per heavy atom. The number of likely N-dealkylation sites (tertiary alicyclic amines) is 1. The maximum absolute atomic E-state index is 13.7. The third kappa shape index (κ3) is 8.01. The molecule has 4 heterocycles. The van der Waals surface area contributed by atoms with Crippen LogP contribution in [0.3, 0.4) is 0 Å². The Kier molecular flexibility index (Phi) is 10.1. The molecule has 2 aliphatic rings. The van der Waals surface area contributed by atoms with Crippen molar-refractivity contribution < 1.29 is 44.7 Å². The fourth-order valence-corrected chi connectivity index (χ4v) is 5.61. The van der Waals surface area contributed by atoms with E-state index >= 15 is 0 Å². The van der Waals surface area contributed by atoms with Crippen LogP contribution in [0.25, 0.3) is 22.2 Å². The normalized spacial score (nSPS) is 17.8. The van der Waals surface area contributed by atoms with Crippen molar-refractivity contribution in [3.05, 3.63) is 77.9 Å². The maximum atomic E-state index is 13.7. The average molecular weight is 691 g/mol. The van der Waals surface area contributed by atoms with E-state index in [1.165, 1.54) is 41.3 Å². The lowest BCUT2D eigenvalue weighted by Crippen LogP contribution is -2.35. The number of hydrogen-bond acceptors (Lipinski definition) is 9. The molecule has 0 unspecified atom stereocenters. The number of carbonyl (C=O) groups is 1. The molecular formula is C33H32F6N6O4. The molecule has 49 heavy (non-hydrogen) atoms. The van der Waals surface area contributed by atoms with Gasteiger partial charge in [-0.05, 0) is 74.2 Å². The highest BCUT2D eigenvalue weighted by Crippen LogP contribution is 2.32. The van der Waals surface area contributed by atoms with E-state index in [0.717, 1.165) is 32.1 Å². The van der Waals surface area contributed by atoms with Crippen molar-refractivity contribution >= 4 is 40.1 Å². The number of ether oxygens (including phenoxy) is 1. The minimum absolute atomic E-state index is 0.0191. The summed E-state index contributed by atoms with van der Waals surface area (Å²) < 4.78 is 93.6. The largest absolute Gasteiger partial charge is 0.461 e. The fourth-order valence-electron chi connectivity index (χ4n) is 5.61. The number of aromatic nitrogens is 2. The van der Waals surface area contributed by atoms with Gasteiger partial charge in [-0.15, -0.1) is 0 Å². The molecule has 0 aliphatic carbocycles. The van der Waals surface area contributed by atoms with E-state index < -0.39 is 30.0 Å². The molecule has 10 nitrogen and oxygen atoms in total. The SMILES string of the molecule is Fc1cccc2nc(NC[C@@H]3CCNC3)oc12.O=C(c1ccccc1OC(F)(F)C(F)F)N1CC[C@@H](CNc2nc3cccc(F)c3o2)C1. The van der Waals surface area contributed by atoms with Crippen LogP contribution in [0.1, 0.15) is 23.2 Å². The number of carbonyl (C=O) groups excluding carboxylic acids is 1. The number of fused-ring (bicyclic) bond motifs is 2. The predicted octanol–water partition coefficient (Wildman–Crippen LogP) is 6.77. The van der Waals surface area contributed by atoms with Crippen molar-refractivity contribution in [3.8, 4) is 5.75 Å². The van der Waals surface area contributed by atoms with E-state index in [2.05, 4.69) is 30.7 Å². The molecule has 2 aromatic heterocycles. The summed E-state index contributed by atoms with van der Waals surface area (Å²) in [6.07, 6.45) is -6.99. The van der Waals surface area contributed by atoms with Crippen LogP contribution >= 0.6 is 0 Å². The van der Waals surface area contributed by atoms with Crippen molar-refractivity contribution in [2.75, 3.05) is 49.9 Å². The molecule has 3 aromatic carbocycles. The Balaban J connectivity index is 0.000000205. The number of benzene rings is 3. The summed E-state index contributed by atoms with van der Waals surface area (Å²) in [6, 6.07) is 14.7. The first-order valence-corrected chi connectivity index (χ1v) is 15.6. The number of nitrogens with one attached hydrogen (secondary N) is 3. The Morgan fingerprint density at radius 2 is 1.51 bits per heavy atom. The summed E-state index contributed by atoms with van der Waals surface area (Å²) >= 11 is 0. The highest BCUT2D eigenvalue weighted by Gasteiger charge is 2.45. The number of alkyl halides is 4. The molecule has 0 spiro atoms. The van der Waals surface area contributed by atoms with Crippen LogP contribution in [0.15, 0.2) is 69.5 Å². The van der Waals surface area contributed by atoms with Crippen LogP contribution in [0.4, 0.5) is 38.4 Å². The topological polar surface area (TPSA) is 118 Å². The van der Waals surface area contributed by atoms with Gasteiger partial charge in [0.15, 0.2) is 22.8 Å². The molecule has 1 amide bonds. The Hall–Kier alpha value is -4.99. The molecule has 3 N–H and O–H groups in total. The van der Waals surface area contributed by atoms with E-state index in [1.807, 2.05) is 0 Å². The molecule has 0 saturated carbocycles. The van der Waals surface area contributed by atoms with Gasteiger partial charge in [-0.25, -0.2) is 8.78 Å². The minimum atomic E-state index is -4.72. The number of halogens is 6.